The highest BCUT2D eigenvalue weighted by atomic mass is 16.4. The molecule has 11 aromatic carbocycles. The summed E-state index contributed by atoms with van der Waals surface area (Å²) in [6, 6.07) is 72.9. The first kappa shape index (κ1) is 38.8. The lowest BCUT2D eigenvalue weighted by Crippen LogP contribution is -2.11. The van der Waals surface area contributed by atoms with Crippen LogP contribution in [0.3, 0.4) is 0 Å². The molecule has 15 aromatic rings. The van der Waals surface area contributed by atoms with Gasteiger partial charge in [0, 0.05) is 65.8 Å². The van der Waals surface area contributed by atoms with Crippen LogP contribution in [0.2, 0.25) is 0 Å². The Kier molecular flexibility index (Phi) is 8.10. The molecule has 0 saturated carbocycles. The van der Waals surface area contributed by atoms with Crippen LogP contribution < -0.4 is 9.80 Å². The van der Waals surface area contributed by atoms with Crippen molar-refractivity contribution in [3.8, 4) is 0 Å². The summed E-state index contributed by atoms with van der Waals surface area (Å²) in [6.45, 7) is 4.31. The summed E-state index contributed by atoms with van der Waals surface area (Å²) in [6.07, 6.45) is 0. The Morgan fingerprint density at radius 1 is 0.257 bits per heavy atom. The van der Waals surface area contributed by atoms with E-state index >= 15 is 0 Å². The average Bonchev–Trinajstić information content (AvgIpc) is 4.17. The van der Waals surface area contributed by atoms with Gasteiger partial charge >= 0.3 is 0 Å². The lowest BCUT2D eigenvalue weighted by molar-refractivity contribution is 0.634. The lowest BCUT2D eigenvalue weighted by atomic mass is 10.0. The third-order valence-electron chi connectivity index (χ3n) is 14.4. The molecule has 0 fully saturated rings. The summed E-state index contributed by atoms with van der Waals surface area (Å²) in [5, 5.41) is 12.9. The van der Waals surface area contributed by atoms with E-state index in [1.54, 1.807) is 0 Å². The van der Waals surface area contributed by atoms with Crippen molar-refractivity contribution in [3.05, 3.63) is 217 Å². The molecule has 0 aliphatic rings. The molecule has 0 atom stereocenters. The Hall–Kier alpha value is -9.26. The molecule has 0 spiro atoms. The number of aryl methyl sites for hydroxylation is 2. The molecule has 4 heterocycles. The number of para-hydroxylation sites is 6. The molecule has 4 aromatic heterocycles. The summed E-state index contributed by atoms with van der Waals surface area (Å²) in [5.41, 5.74) is 15.0. The summed E-state index contributed by atoms with van der Waals surface area (Å²) >= 11 is 0. The zero-order valence-corrected chi connectivity index (χ0v) is 38.2. The number of furan rings is 4. The maximum Gasteiger partial charge on any atom is 0.178 e. The predicted molar refractivity (Wildman–Crippen MR) is 289 cm³/mol. The van der Waals surface area contributed by atoms with Crippen LogP contribution >= 0.6 is 0 Å². The molecular formula is C64H40N2O4. The maximum atomic E-state index is 6.86. The molecule has 0 saturated heterocycles. The molecule has 0 radical (unpaired) electrons. The lowest BCUT2D eigenvalue weighted by Gasteiger charge is -2.27. The van der Waals surface area contributed by atoms with E-state index in [2.05, 4.69) is 206 Å². The summed E-state index contributed by atoms with van der Waals surface area (Å²) in [5.74, 6) is 0. The third-order valence-corrected chi connectivity index (χ3v) is 14.4. The molecule has 6 heteroatoms. The van der Waals surface area contributed by atoms with Gasteiger partial charge in [0.2, 0.25) is 0 Å². The second-order valence-electron chi connectivity index (χ2n) is 18.5. The number of nitrogens with zero attached hydrogens (tertiary/aromatic N) is 2. The summed E-state index contributed by atoms with van der Waals surface area (Å²) in [7, 11) is 0. The SMILES string of the molecule is Cc1ccccc1N(c1ccc2cc3c(cc2c1)oc1c3ccc2c3cc4ccc(N(c5ccccc5C)c5cccc6c5oc5ccccc56)cc4cc3oc21)c1cccc2c1oc1ccccc12. The standard InChI is InChI=1S/C64H40N2O4/c1-37-13-3-7-19-53(37)65(55-21-11-17-47-45-15-5-9-23-57(45)67-61(47)55)43-27-25-39-33-51-49-29-30-50-52-34-40-26-28-44(32-42(40)36-60(52)70-64(50)63(49)69-59(51)35-41(39)31-43)66(54-20-8-4-14-38(54)2)56-22-12-18-48-46-16-6-10-24-58(46)68-62(48)56/h3-36H,1-2H3. The monoisotopic (exact) mass is 900 g/mol. The van der Waals surface area contributed by atoms with Crippen LogP contribution in [0.15, 0.2) is 224 Å². The highest BCUT2D eigenvalue weighted by Gasteiger charge is 2.24. The zero-order valence-electron chi connectivity index (χ0n) is 38.2. The first-order valence-electron chi connectivity index (χ1n) is 23.7. The van der Waals surface area contributed by atoms with Gasteiger partial charge < -0.3 is 27.5 Å². The summed E-state index contributed by atoms with van der Waals surface area (Å²) in [4.78, 5) is 4.63. The summed E-state index contributed by atoms with van der Waals surface area (Å²) < 4.78 is 26.9. The van der Waals surface area contributed by atoms with Gasteiger partial charge in [-0.2, -0.15) is 0 Å². The molecule has 0 unspecified atom stereocenters. The van der Waals surface area contributed by atoms with Gasteiger partial charge in [-0.25, -0.2) is 0 Å². The average molecular weight is 901 g/mol. The van der Waals surface area contributed by atoms with E-state index in [4.69, 9.17) is 17.7 Å². The predicted octanol–water partition coefficient (Wildman–Crippen LogP) is 19.1. The Labute approximate surface area is 400 Å². The van der Waals surface area contributed by atoms with E-state index in [0.29, 0.717) is 0 Å². The number of rotatable bonds is 6. The molecule has 15 rings (SSSR count). The molecule has 0 aliphatic carbocycles. The van der Waals surface area contributed by atoms with Crippen LogP contribution in [0.4, 0.5) is 34.1 Å². The number of hydrogen-bond acceptors (Lipinski definition) is 6. The van der Waals surface area contributed by atoms with Crippen molar-refractivity contribution in [2.75, 3.05) is 9.80 Å². The molecule has 0 N–H and O–H groups in total. The maximum absolute atomic E-state index is 6.86. The van der Waals surface area contributed by atoms with E-state index in [0.717, 1.165) is 155 Å². The minimum atomic E-state index is 0.742. The number of benzene rings is 11. The fourth-order valence-electron chi connectivity index (χ4n) is 11.1. The second kappa shape index (κ2) is 14.6. The van der Waals surface area contributed by atoms with E-state index in [-0.39, 0.29) is 0 Å². The number of fused-ring (bicyclic) bond motifs is 15. The van der Waals surface area contributed by atoms with Gasteiger partial charge in [-0.05, 0) is 144 Å². The molecule has 0 aliphatic heterocycles. The fourth-order valence-corrected chi connectivity index (χ4v) is 11.1. The van der Waals surface area contributed by atoms with Gasteiger partial charge in [-0.3, -0.25) is 0 Å². The van der Waals surface area contributed by atoms with Crippen molar-refractivity contribution < 1.29 is 17.7 Å². The highest BCUT2D eigenvalue weighted by Crippen LogP contribution is 2.47. The molecule has 70 heavy (non-hydrogen) atoms. The van der Waals surface area contributed by atoms with E-state index in [9.17, 15) is 0 Å². The molecule has 6 nitrogen and oxygen atoms in total. The Bertz CT molecular complexity index is 4370. The van der Waals surface area contributed by atoms with Crippen molar-refractivity contribution in [1.29, 1.82) is 0 Å². The van der Waals surface area contributed by atoms with Crippen LogP contribution in [0.5, 0.6) is 0 Å². The van der Waals surface area contributed by atoms with Gasteiger partial charge in [-0.1, -0.05) is 109 Å². The fraction of sp³-hybridized carbons (Fsp3) is 0.0312. The Morgan fingerprint density at radius 3 is 1.11 bits per heavy atom. The third kappa shape index (κ3) is 5.68. The zero-order chi connectivity index (χ0) is 46.2. The minimum absolute atomic E-state index is 0.742. The van der Waals surface area contributed by atoms with Crippen LogP contribution in [-0.4, -0.2) is 0 Å². The van der Waals surface area contributed by atoms with Gasteiger partial charge in [0.25, 0.3) is 0 Å². The van der Waals surface area contributed by atoms with Crippen molar-refractivity contribution in [3.63, 3.8) is 0 Å². The topological polar surface area (TPSA) is 59.0 Å². The first-order chi connectivity index (χ1) is 34.5. The van der Waals surface area contributed by atoms with Crippen molar-refractivity contribution in [2.45, 2.75) is 13.8 Å². The molecule has 330 valence electrons. The van der Waals surface area contributed by atoms with E-state index in [1.165, 1.54) is 0 Å². The van der Waals surface area contributed by atoms with Gasteiger partial charge in [0.1, 0.15) is 22.3 Å². The number of hydrogen-bond donors (Lipinski definition) is 0. The highest BCUT2D eigenvalue weighted by molar-refractivity contribution is 6.22. The van der Waals surface area contributed by atoms with Crippen molar-refractivity contribution >= 4 is 143 Å². The van der Waals surface area contributed by atoms with Gasteiger partial charge in [0.05, 0.1) is 11.4 Å². The van der Waals surface area contributed by atoms with Gasteiger partial charge in [-0.15, -0.1) is 0 Å². The van der Waals surface area contributed by atoms with E-state index in [1.807, 2.05) is 24.3 Å². The van der Waals surface area contributed by atoms with Crippen molar-refractivity contribution in [1.82, 2.24) is 0 Å². The van der Waals surface area contributed by atoms with Crippen LogP contribution in [0.25, 0.3) is 109 Å². The smallest absolute Gasteiger partial charge is 0.178 e. The first-order valence-corrected chi connectivity index (χ1v) is 23.7. The molecule has 0 amide bonds. The second-order valence-corrected chi connectivity index (χ2v) is 18.5. The number of anilines is 6. The Morgan fingerprint density at radius 2 is 0.643 bits per heavy atom. The minimum Gasteiger partial charge on any atom is -0.454 e. The quantitative estimate of drug-likeness (QED) is 0.166. The van der Waals surface area contributed by atoms with Gasteiger partial charge in [0.15, 0.2) is 22.3 Å². The van der Waals surface area contributed by atoms with Crippen LogP contribution in [-0.2, 0) is 0 Å². The van der Waals surface area contributed by atoms with Crippen LogP contribution in [0, 0.1) is 13.8 Å². The van der Waals surface area contributed by atoms with Crippen LogP contribution in [0.1, 0.15) is 11.1 Å². The molecular weight excluding hydrogens is 861 g/mol. The largest absolute Gasteiger partial charge is 0.454 e. The van der Waals surface area contributed by atoms with E-state index < -0.39 is 0 Å². The molecule has 0 bridgehead atoms. The van der Waals surface area contributed by atoms with Crippen molar-refractivity contribution in [2.24, 2.45) is 0 Å². The normalized spacial score (nSPS) is 12.1. The Balaban J connectivity index is 0.863.